The first-order valence-corrected chi connectivity index (χ1v) is 12.5. The van der Waals surface area contributed by atoms with Gasteiger partial charge in [-0.15, -0.1) is 0 Å². The SMILES string of the molecule is O=C(NCCSCc1ccc(Cl)cc1)C1CCCN(Cc2cccc3ccccc23)C1. The zero-order valence-corrected chi connectivity index (χ0v) is 19.3. The number of nitrogens with one attached hydrogen (secondary N) is 1. The molecular weight excluding hydrogens is 424 g/mol. The molecular formula is C26H29ClN2OS. The summed E-state index contributed by atoms with van der Waals surface area (Å²) in [5, 5.41) is 6.52. The summed E-state index contributed by atoms with van der Waals surface area (Å²) < 4.78 is 0. The van der Waals surface area contributed by atoms with E-state index in [-0.39, 0.29) is 11.8 Å². The normalized spacial score (nSPS) is 17.0. The van der Waals surface area contributed by atoms with Crippen molar-refractivity contribution in [1.82, 2.24) is 10.2 Å². The van der Waals surface area contributed by atoms with Crippen molar-refractivity contribution in [1.29, 1.82) is 0 Å². The molecule has 0 spiro atoms. The number of rotatable bonds is 8. The number of hydrogen-bond donors (Lipinski definition) is 1. The van der Waals surface area contributed by atoms with Crippen molar-refractivity contribution in [2.45, 2.75) is 25.1 Å². The maximum absolute atomic E-state index is 12.7. The molecule has 0 saturated carbocycles. The maximum atomic E-state index is 12.7. The van der Waals surface area contributed by atoms with Gasteiger partial charge < -0.3 is 5.32 Å². The number of carbonyl (C=O) groups is 1. The van der Waals surface area contributed by atoms with Crippen LogP contribution in [0.5, 0.6) is 0 Å². The van der Waals surface area contributed by atoms with Crippen LogP contribution in [0.15, 0.2) is 66.7 Å². The summed E-state index contributed by atoms with van der Waals surface area (Å²) in [6.45, 7) is 3.52. The summed E-state index contributed by atoms with van der Waals surface area (Å²) in [6, 6.07) is 23.0. The average molecular weight is 453 g/mol. The van der Waals surface area contributed by atoms with E-state index < -0.39 is 0 Å². The third-order valence-corrected chi connectivity index (χ3v) is 7.16. The Morgan fingerprint density at radius 3 is 2.74 bits per heavy atom. The molecule has 3 aromatic rings. The van der Waals surface area contributed by atoms with Gasteiger partial charge in [0.05, 0.1) is 5.92 Å². The maximum Gasteiger partial charge on any atom is 0.224 e. The van der Waals surface area contributed by atoms with Crippen LogP contribution in [0.2, 0.25) is 5.02 Å². The number of likely N-dealkylation sites (tertiary alicyclic amines) is 1. The number of halogens is 1. The summed E-state index contributed by atoms with van der Waals surface area (Å²) in [5.41, 5.74) is 2.61. The van der Waals surface area contributed by atoms with Crippen molar-refractivity contribution >= 4 is 40.0 Å². The molecule has 5 heteroatoms. The smallest absolute Gasteiger partial charge is 0.224 e. The number of nitrogens with zero attached hydrogens (tertiary/aromatic N) is 1. The van der Waals surface area contributed by atoms with Crippen molar-refractivity contribution < 1.29 is 4.79 Å². The molecule has 0 radical (unpaired) electrons. The Morgan fingerprint density at radius 1 is 1.06 bits per heavy atom. The van der Waals surface area contributed by atoms with Gasteiger partial charge in [-0.25, -0.2) is 0 Å². The van der Waals surface area contributed by atoms with E-state index in [1.807, 2.05) is 23.9 Å². The largest absolute Gasteiger partial charge is 0.355 e. The minimum absolute atomic E-state index is 0.0880. The predicted octanol–water partition coefficient (Wildman–Crippen LogP) is 5.75. The molecule has 162 valence electrons. The molecule has 1 heterocycles. The lowest BCUT2D eigenvalue weighted by Crippen LogP contribution is -2.43. The van der Waals surface area contributed by atoms with Gasteiger partial charge in [0.15, 0.2) is 0 Å². The van der Waals surface area contributed by atoms with E-state index in [1.54, 1.807) is 0 Å². The number of piperidine rings is 1. The Kier molecular flexibility index (Phi) is 7.90. The zero-order valence-electron chi connectivity index (χ0n) is 17.7. The van der Waals surface area contributed by atoms with Gasteiger partial charge >= 0.3 is 0 Å². The standard InChI is InChI=1S/C26H29ClN2OS/c27-24-12-10-20(11-13-24)19-31-16-14-28-26(30)23-8-4-15-29(18-23)17-22-7-3-6-21-5-1-2-9-25(21)22/h1-3,5-7,9-13,23H,4,8,14-19H2,(H,28,30). The minimum Gasteiger partial charge on any atom is -0.355 e. The van der Waals surface area contributed by atoms with Gasteiger partial charge in [0, 0.05) is 36.2 Å². The molecule has 31 heavy (non-hydrogen) atoms. The van der Waals surface area contributed by atoms with Gasteiger partial charge in [0.25, 0.3) is 0 Å². The molecule has 1 amide bonds. The molecule has 1 saturated heterocycles. The fourth-order valence-corrected chi connectivity index (χ4v) is 5.19. The van der Waals surface area contributed by atoms with E-state index >= 15 is 0 Å². The Labute approximate surface area is 194 Å². The molecule has 1 unspecified atom stereocenters. The van der Waals surface area contributed by atoms with Crippen LogP contribution >= 0.6 is 23.4 Å². The number of hydrogen-bond acceptors (Lipinski definition) is 3. The molecule has 1 N–H and O–H groups in total. The third-order valence-electron chi connectivity index (χ3n) is 5.88. The molecule has 4 rings (SSSR count). The lowest BCUT2D eigenvalue weighted by atomic mass is 9.96. The fraction of sp³-hybridized carbons (Fsp3) is 0.346. The van der Waals surface area contributed by atoms with Crippen LogP contribution in [-0.2, 0) is 17.1 Å². The Bertz CT molecular complexity index is 1000. The highest BCUT2D eigenvalue weighted by Crippen LogP contribution is 2.23. The Hall–Kier alpha value is -2.01. The second-order valence-electron chi connectivity index (χ2n) is 8.18. The number of thioether (sulfide) groups is 1. The average Bonchev–Trinajstić information content (AvgIpc) is 2.80. The molecule has 3 aromatic carbocycles. The molecule has 3 nitrogen and oxygen atoms in total. The van der Waals surface area contributed by atoms with Gasteiger partial charge in [0.1, 0.15) is 0 Å². The predicted molar refractivity (Wildman–Crippen MR) is 133 cm³/mol. The van der Waals surface area contributed by atoms with E-state index in [1.165, 1.54) is 21.9 Å². The summed E-state index contributed by atoms with van der Waals surface area (Å²) >= 11 is 7.76. The lowest BCUT2D eigenvalue weighted by Gasteiger charge is -2.32. The number of carbonyl (C=O) groups excluding carboxylic acids is 1. The quantitative estimate of drug-likeness (QED) is 0.441. The minimum atomic E-state index is 0.0880. The molecule has 1 aliphatic rings. The zero-order chi connectivity index (χ0) is 21.5. The second kappa shape index (κ2) is 11.0. The highest BCUT2D eigenvalue weighted by molar-refractivity contribution is 7.98. The Balaban J connectivity index is 1.22. The molecule has 1 fully saturated rings. The van der Waals surface area contributed by atoms with Crippen LogP contribution in [0, 0.1) is 5.92 Å². The van der Waals surface area contributed by atoms with Gasteiger partial charge in [-0.05, 0) is 53.4 Å². The fourth-order valence-electron chi connectivity index (χ4n) is 4.25. The first-order valence-electron chi connectivity index (χ1n) is 11.0. The third kappa shape index (κ3) is 6.25. The first-order chi connectivity index (χ1) is 15.2. The molecule has 0 aromatic heterocycles. The summed E-state index contributed by atoms with van der Waals surface area (Å²) in [7, 11) is 0. The highest BCUT2D eigenvalue weighted by Gasteiger charge is 2.25. The van der Waals surface area contributed by atoms with Crippen molar-refractivity contribution in [2.24, 2.45) is 5.92 Å². The van der Waals surface area contributed by atoms with Crippen molar-refractivity contribution in [3.8, 4) is 0 Å². The molecule has 1 atom stereocenters. The number of fused-ring (bicyclic) bond motifs is 1. The number of amides is 1. The van der Waals surface area contributed by atoms with E-state index in [9.17, 15) is 4.79 Å². The van der Waals surface area contributed by atoms with Crippen LogP contribution < -0.4 is 5.32 Å². The van der Waals surface area contributed by atoms with E-state index in [0.717, 1.165) is 55.5 Å². The van der Waals surface area contributed by atoms with Crippen molar-refractivity contribution in [3.63, 3.8) is 0 Å². The van der Waals surface area contributed by atoms with Crippen LogP contribution in [0.1, 0.15) is 24.0 Å². The van der Waals surface area contributed by atoms with Crippen molar-refractivity contribution in [2.75, 3.05) is 25.4 Å². The van der Waals surface area contributed by atoms with E-state index in [2.05, 4.69) is 64.8 Å². The molecule has 1 aliphatic heterocycles. The first kappa shape index (κ1) is 22.2. The van der Waals surface area contributed by atoms with Gasteiger partial charge in [-0.3, -0.25) is 9.69 Å². The number of benzene rings is 3. The van der Waals surface area contributed by atoms with E-state index in [4.69, 9.17) is 11.6 Å². The van der Waals surface area contributed by atoms with Crippen molar-refractivity contribution in [3.05, 3.63) is 82.9 Å². The summed E-state index contributed by atoms with van der Waals surface area (Å²) in [6.07, 6.45) is 2.06. The topological polar surface area (TPSA) is 32.3 Å². The lowest BCUT2D eigenvalue weighted by molar-refractivity contribution is -0.126. The van der Waals surface area contributed by atoms with Crippen LogP contribution in [0.3, 0.4) is 0 Å². The highest BCUT2D eigenvalue weighted by atomic mass is 35.5. The Morgan fingerprint density at radius 2 is 1.87 bits per heavy atom. The van der Waals surface area contributed by atoms with Gasteiger partial charge in [0.2, 0.25) is 5.91 Å². The molecule has 0 bridgehead atoms. The van der Waals surface area contributed by atoms with E-state index in [0.29, 0.717) is 0 Å². The van der Waals surface area contributed by atoms with Crippen LogP contribution in [0.25, 0.3) is 10.8 Å². The van der Waals surface area contributed by atoms with Gasteiger partial charge in [-0.2, -0.15) is 11.8 Å². The molecule has 0 aliphatic carbocycles. The summed E-state index contributed by atoms with van der Waals surface area (Å²) in [4.78, 5) is 15.2. The van der Waals surface area contributed by atoms with Gasteiger partial charge in [-0.1, -0.05) is 66.2 Å². The second-order valence-corrected chi connectivity index (χ2v) is 9.72. The van der Waals surface area contributed by atoms with Crippen LogP contribution in [-0.4, -0.2) is 36.2 Å². The van der Waals surface area contributed by atoms with Crippen LogP contribution in [0.4, 0.5) is 0 Å². The monoisotopic (exact) mass is 452 g/mol. The summed E-state index contributed by atoms with van der Waals surface area (Å²) in [5.74, 6) is 2.15.